The first-order valence-electron chi connectivity index (χ1n) is 21.7. The van der Waals surface area contributed by atoms with Gasteiger partial charge in [0.2, 0.25) is 0 Å². The summed E-state index contributed by atoms with van der Waals surface area (Å²) in [6.45, 7) is 6.12. The number of nitrogens with one attached hydrogen (secondary N) is 3. The summed E-state index contributed by atoms with van der Waals surface area (Å²) >= 11 is 11.2. The first-order chi connectivity index (χ1) is 33.8. The monoisotopic (exact) mass is 1010 g/mol. The molecular weight excluding hydrogens is 965 g/mol. The van der Waals surface area contributed by atoms with Gasteiger partial charge in [-0.3, -0.25) is 0 Å². The number of anilines is 4. The van der Waals surface area contributed by atoms with Gasteiger partial charge in [0, 0.05) is 28.2 Å². The number of hydrogen-bond acceptors (Lipinski definition) is 8. The molecule has 0 aliphatic rings. The molecule has 8 rings (SSSR count). The maximum atomic E-state index is 13.8. The highest BCUT2D eigenvalue weighted by Crippen LogP contribution is 2.35. The number of rotatable bonds is 12. The summed E-state index contributed by atoms with van der Waals surface area (Å²) in [5.41, 5.74) is 13.6. The molecule has 0 saturated heterocycles. The molecule has 8 aromatic rings. The average molecular weight is 1010 g/mol. The van der Waals surface area contributed by atoms with E-state index in [1.54, 1.807) is 30.3 Å². The first kappa shape index (κ1) is 49.3. The summed E-state index contributed by atoms with van der Waals surface area (Å²) in [7, 11) is 0. The smallest absolute Gasteiger partial charge is 0.406 e. The van der Waals surface area contributed by atoms with Crippen LogP contribution in [0.5, 0.6) is 5.75 Å². The van der Waals surface area contributed by atoms with Gasteiger partial charge in [-0.05, 0) is 174 Å². The average Bonchev–Trinajstić information content (AvgIpc) is 4.03. The molecular formula is C50H41F6N11O2S2. The molecule has 13 nitrogen and oxygen atoms in total. The van der Waals surface area contributed by atoms with Gasteiger partial charge in [0.15, 0.2) is 21.9 Å². The molecule has 2 amide bonds. The molecule has 0 aliphatic heterocycles. The summed E-state index contributed by atoms with van der Waals surface area (Å²) in [5, 5.41) is 18.5. The number of aryl methyl sites for hydroxylation is 1. The molecule has 0 spiro atoms. The quantitative estimate of drug-likeness (QED) is 0.0683. The van der Waals surface area contributed by atoms with Crippen LogP contribution in [0.3, 0.4) is 0 Å². The number of hydrogen-bond donors (Lipinski definition) is 4. The Morgan fingerprint density at radius 1 is 0.676 bits per heavy atom. The zero-order chi connectivity index (χ0) is 50.6. The molecule has 5 N–H and O–H groups in total. The fourth-order valence-corrected chi connectivity index (χ4v) is 7.86. The lowest BCUT2D eigenvalue weighted by Gasteiger charge is -2.24. The van der Waals surface area contributed by atoms with Crippen molar-refractivity contribution in [1.82, 2.24) is 29.5 Å². The van der Waals surface area contributed by atoms with Crippen LogP contribution in [-0.2, 0) is 12.6 Å². The number of thiocarbonyl (C=S) groups is 2. The number of carbonyl (C=O) groups excluding carboxylic acids is 1. The van der Waals surface area contributed by atoms with Crippen molar-refractivity contribution in [1.29, 1.82) is 0 Å². The third kappa shape index (κ3) is 11.8. The van der Waals surface area contributed by atoms with E-state index in [-0.39, 0.29) is 16.8 Å². The molecule has 0 bridgehead atoms. The van der Waals surface area contributed by atoms with Gasteiger partial charge in [-0.2, -0.15) is 13.2 Å². The fraction of sp³-hybridized carbons (Fsp3) is 0.140. The maximum absolute atomic E-state index is 13.8. The van der Waals surface area contributed by atoms with E-state index >= 15 is 0 Å². The third-order valence-corrected chi connectivity index (χ3v) is 11.3. The highest BCUT2D eigenvalue weighted by atomic mass is 32.1. The predicted molar refractivity (Wildman–Crippen MR) is 269 cm³/mol. The van der Waals surface area contributed by atoms with Gasteiger partial charge in [0.25, 0.3) is 0 Å². The molecule has 71 heavy (non-hydrogen) atoms. The largest absolute Gasteiger partial charge is 0.573 e. The zero-order valence-electron chi connectivity index (χ0n) is 37.7. The van der Waals surface area contributed by atoms with Gasteiger partial charge in [-0.25, -0.2) is 29.0 Å². The highest BCUT2D eigenvalue weighted by Gasteiger charge is 2.31. The lowest BCUT2D eigenvalue weighted by atomic mass is 9.95. The fourth-order valence-electron chi connectivity index (χ4n) is 7.45. The number of amides is 2. The van der Waals surface area contributed by atoms with E-state index in [1.165, 1.54) is 63.3 Å². The van der Waals surface area contributed by atoms with Crippen molar-refractivity contribution >= 4 is 63.4 Å². The number of aromatic nitrogens is 6. The van der Waals surface area contributed by atoms with Gasteiger partial charge in [-0.15, -0.1) is 23.4 Å². The Morgan fingerprint density at radius 2 is 1.18 bits per heavy atom. The van der Waals surface area contributed by atoms with Crippen LogP contribution in [0.15, 0.2) is 146 Å². The minimum Gasteiger partial charge on any atom is -0.406 e. The number of ether oxygens (including phenoxy) is 1. The molecule has 0 saturated carbocycles. The molecule has 2 heterocycles. The van der Waals surface area contributed by atoms with E-state index in [2.05, 4.69) is 54.7 Å². The Bertz CT molecular complexity index is 3210. The van der Waals surface area contributed by atoms with Crippen molar-refractivity contribution in [3.8, 4) is 51.0 Å². The Labute approximate surface area is 413 Å². The van der Waals surface area contributed by atoms with E-state index in [4.69, 9.17) is 30.2 Å². The summed E-state index contributed by atoms with van der Waals surface area (Å²) in [4.78, 5) is 23.7. The van der Waals surface area contributed by atoms with Crippen molar-refractivity contribution in [2.75, 3.05) is 20.9 Å². The van der Waals surface area contributed by atoms with Crippen molar-refractivity contribution in [3.05, 3.63) is 163 Å². The second kappa shape index (κ2) is 20.4. The van der Waals surface area contributed by atoms with Gasteiger partial charge in [0.1, 0.15) is 18.4 Å². The van der Waals surface area contributed by atoms with E-state index in [0.717, 1.165) is 40.1 Å². The van der Waals surface area contributed by atoms with Crippen LogP contribution >= 0.6 is 24.4 Å². The third-order valence-electron chi connectivity index (χ3n) is 11.0. The molecule has 0 aliphatic carbocycles. The number of carbonyl (C=O) groups is 1. The Kier molecular flexibility index (Phi) is 14.2. The van der Waals surface area contributed by atoms with Gasteiger partial charge in [0.05, 0.1) is 22.6 Å². The normalized spacial score (nSPS) is 11.6. The van der Waals surface area contributed by atoms with Gasteiger partial charge in [-0.1, -0.05) is 39.0 Å². The summed E-state index contributed by atoms with van der Waals surface area (Å²) in [6, 6.07) is 35.0. The number of benzene rings is 6. The van der Waals surface area contributed by atoms with E-state index < -0.39 is 24.1 Å². The van der Waals surface area contributed by atoms with Crippen molar-refractivity contribution < 1.29 is 35.9 Å². The topological polar surface area (TPSA) is 153 Å². The van der Waals surface area contributed by atoms with E-state index in [1.807, 2.05) is 61.5 Å². The summed E-state index contributed by atoms with van der Waals surface area (Å²) < 4.78 is 83.6. The molecule has 0 fully saturated rings. The minimum absolute atomic E-state index is 0.144. The lowest BCUT2D eigenvalue weighted by molar-refractivity contribution is -0.274. The molecule has 0 atom stereocenters. The number of nitrogens with zero attached hydrogens (tertiary/aromatic N) is 7. The standard InChI is InChI=1S/C50H41F6N11O2S2/c1-4-30-25-33(10-24-43(30)67(46(57)70)48(68)61-37-15-7-32(8-16-37)45-59-28-66(64-45)39-19-21-40(22-20-39)69-50(54,55)56)34-9-23-41(29(2)3)42(26-34)62-47(71)60-36-13-5-31(6-14-36)44-58-27-65(63-44)38-17-11-35(12-18-38)49(51,52)53/h5-29H,4H2,1-3H3,(H2,57,70)(H,61,68)(H2,60,62,71). The number of halogens is 6. The summed E-state index contributed by atoms with van der Waals surface area (Å²) in [5.74, 6) is 0.511. The van der Waals surface area contributed by atoms with Crippen molar-refractivity contribution in [3.63, 3.8) is 0 Å². The first-order valence-corrected chi connectivity index (χ1v) is 22.5. The molecule has 0 unspecified atom stereocenters. The van der Waals surface area contributed by atoms with E-state index in [9.17, 15) is 31.1 Å². The van der Waals surface area contributed by atoms with Crippen LogP contribution in [0.25, 0.3) is 45.3 Å². The van der Waals surface area contributed by atoms with Crippen LogP contribution in [0.2, 0.25) is 0 Å². The summed E-state index contributed by atoms with van der Waals surface area (Å²) in [6.07, 6.45) is -5.84. The lowest BCUT2D eigenvalue weighted by Crippen LogP contribution is -2.43. The molecule has 2 aromatic heterocycles. The number of urea groups is 1. The Balaban J connectivity index is 0.922. The SMILES string of the molecule is CCc1cc(-c2ccc(C(C)C)c(NC(=S)Nc3ccc(-c4ncn(-c5ccc(C(F)(F)F)cc5)n4)cc3)c2)ccc1N(C(=O)Nc1ccc(-c2ncn(-c3ccc(OC(F)(F)F)cc3)n2)cc1)C(N)=S. The van der Waals surface area contributed by atoms with E-state index in [0.29, 0.717) is 62.7 Å². The van der Waals surface area contributed by atoms with Crippen LogP contribution in [-0.4, -0.2) is 52.1 Å². The number of nitrogens with two attached hydrogens (primary N) is 1. The maximum Gasteiger partial charge on any atom is 0.573 e. The Hall–Kier alpha value is -8.17. The Morgan fingerprint density at radius 3 is 1.69 bits per heavy atom. The minimum atomic E-state index is -4.80. The van der Waals surface area contributed by atoms with Crippen LogP contribution in [0, 0.1) is 0 Å². The van der Waals surface area contributed by atoms with Crippen molar-refractivity contribution in [2.24, 2.45) is 5.73 Å². The molecule has 21 heteroatoms. The molecule has 0 radical (unpaired) electrons. The second-order valence-electron chi connectivity index (χ2n) is 16.1. The van der Waals surface area contributed by atoms with Crippen LogP contribution in [0.4, 0.5) is 53.9 Å². The van der Waals surface area contributed by atoms with Crippen LogP contribution < -0.4 is 31.3 Å². The second-order valence-corrected chi connectivity index (χ2v) is 16.9. The molecule has 6 aromatic carbocycles. The molecule has 362 valence electrons. The van der Waals surface area contributed by atoms with Crippen molar-refractivity contribution in [2.45, 2.75) is 45.6 Å². The predicted octanol–water partition coefficient (Wildman–Crippen LogP) is 12.5. The van der Waals surface area contributed by atoms with Gasteiger partial charge >= 0.3 is 18.6 Å². The van der Waals surface area contributed by atoms with Crippen LogP contribution in [0.1, 0.15) is 43.4 Å². The highest BCUT2D eigenvalue weighted by molar-refractivity contribution is 7.81. The number of alkyl halides is 6. The zero-order valence-corrected chi connectivity index (χ0v) is 39.4. The van der Waals surface area contributed by atoms with Gasteiger partial charge < -0.3 is 26.4 Å².